The van der Waals surface area contributed by atoms with E-state index >= 15 is 0 Å². The summed E-state index contributed by atoms with van der Waals surface area (Å²) in [5, 5.41) is 0. The topological polar surface area (TPSA) is 50.5 Å². The number of hydrogen-bond acceptors (Lipinski definition) is 2. The van der Waals surface area contributed by atoms with Crippen LogP contribution in [0.2, 0.25) is 0 Å². The van der Waals surface area contributed by atoms with Crippen molar-refractivity contribution in [1.29, 1.82) is 0 Å². The number of hydrogen-bond donors (Lipinski definition) is 2. The molecule has 134 valence electrons. The van der Waals surface area contributed by atoms with Gasteiger partial charge in [0.25, 0.3) is 0 Å². The van der Waals surface area contributed by atoms with Crippen molar-refractivity contribution < 1.29 is 20.1 Å². The summed E-state index contributed by atoms with van der Waals surface area (Å²) >= 11 is 0. The van der Waals surface area contributed by atoms with E-state index in [2.05, 4.69) is 56.0 Å². The van der Waals surface area contributed by atoms with Gasteiger partial charge < -0.3 is 20.1 Å². The molecule has 3 rings (SSSR count). The molecule has 1 unspecified atom stereocenters. The van der Waals surface area contributed by atoms with Crippen molar-refractivity contribution in [1.82, 2.24) is 0 Å². The number of benzene rings is 2. The third-order valence-corrected chi connectivity index (χ3v) is 5.22. The SMILES string of the molecule is COc1cc2c(cc1OC)[C@H]([C@@H](C)[NH3+])[NH+](Cc1cccc(C)c1)CC2. The van der Waals surface area contributed by atoms with Crippen LogP contribution >= 0.6 is 0 Å². The second-order valence-electron chi connectivity index (χ2n) is 7.19. The van der Waals surface area contributed by atoms with Gasteiger partial charge in [0.2, 0.25) is 0 Å². The first-order chi connectivity index (χ1) is 12.0. The van der Waals surface area contributed by atoms with Crippen LogP contribution in [0.4, 0.5) is 0 Å². The Balaban J connectivity index is 1.96. The smallest absolute Gasteiger partial charge is 0.166 e. The van der Waals surface area contributed by atoms with Crippen LogP contribution < -0.4 is 20.1 Å². The molecule has 0 aliphatic carbocycles. The van der Waals surface area contributed by atoms with Crippen molar-refractivity contribution in [2.24, 2.45) is 0 Å². The minimum Gasteiger partial charge on any atom is -0.493 e. The van der Waals surface area contributed by atoms with E-state index in [-0.39, 0.29) is 0 Å². The summed E-state index contributed by atoms with van der Waals surface area (Å²) < 4.78 is 11.0. The maximum atomic E-state index is 5.54. The van der Waals surface area contributed by atoms with Crippen LogP contribution in [0.15, 0.2) is 36.4 Å². The van der Waals surface area contributed by atoms with Gasteiger partial charge in [0, 0.05) is 17.5 Å². The zero-order chi connectivity index (χ0) is 18.0. The Morgan fingerprint density at radius 1 is 1.16 bits per heavy atom. The summed E-state index contributed by atoms with van der Waals surface area (Å²) in [6.07, 6.45) is 1.06. The van der Waals surface area contributed by atoms with Gasteiger partial charge in [-0.05, 0) is 31.5 Å². The van der Waals surface area contributed by atoms with Crippen molar-refractivity contribution in [3.63, 3.8) is 0 Å². The molecule has 0 radical (unpaired) electrons. The molecule has 0 saturated heterocycles. The number of quaternary nitrogens is 2. The van der Waals surface area contributed by atoms with Crippen LogP contribution in [0.25, 0.3) is 0 Å². The highest BCUT2D eigenvalue weighted by Crippen LogP contribution is 2.34. The Morgan fingerprint density at radius 2 is 1.88 bits per heavy atom. The van der Waals surface area contributed by atoms with Crippen LogP contribution in [0.5, 0.6) is 11.5 Å². The highest BCUT2D eigenvalue weighted by Gasteiger charge is 2.36. The van der Waals surface area contributed by atoms with Gasteiger partial charge >= 0.3 is 0 Å². The number of rotatable bonds is 5. The fourth-order valence-electron chi connectivity index (χ4n) is 4.11. The monoisotopic (exact) mass is 342 g/mol. The lowest BCUT2D eigenvalue weighted by atomic mass is 9.88. The molecule has 0 saturated carbocycles. The van der Waals surface area contributed by atoms with Crippen molar-refractivity contribution in [2.45, 2.75) is 38.9 Å². The lowest BCUT2D eigenvalue weighted by Crippen LogP contribution is -3.14. The lowest BCUT2D eigenvalue weighted by molar-refractivity contribution is -0.957. The summed E-state index contributed by atoms with van der Waals surface area (Å²) in [7, 11) is 3.40. The molecule has 1 heterocycles. The standard InChI is InChI=1S/C21H28N2O2/c1-14-6-5-7-16(10-14)13-23-9-8-17-11-19(24-3)20(25-4)12-18(17)21(23)15(2)22/h5-7,10-12,15,21H,8-9,13,22H2,1-4H3/p+2/t15-,21+/m1/s1. The zero-order valence-electron chi connectivity index (χ0n) is 15.8. The molecule has 0 bridgehead atoms. The molecule has 2 aromatic carbocycles. The maximum absolute atomic E-state index is 5.54. The Kier molecular flexibility index (Phi) is 5.30. The van der Waals surface area contributed by atoms with E-state index in [1.54, 1.807) is 19.1 Å². The Labute approximate surface area is 150 Å². The van der Waals surface area contributed by atoms with Crippen LogP contribution in [0, 0.1) is 6.92 Å². The first kappa shape index (κ1) is 17.8. The molecule has 25 heavy (non-hydrogen) atoms. The van der Waals surface area contributed by atoms with Gasteiger partial charge in [-0.15, -0.1) is 0 Å². The second-order valence-corrected chi connectivity index (χ2v) is 7.19. The number of nitrogens with one attached hydrogen (secondary N) is 1. The molecule has 0 spiro atoms. The quantitative estimate of drug-likeness (QED) is 0.861. The lowest BCUT2D eigenvalue weighted by Gasteiger charge is -2.35. The Bertz CT molecular complexity index is 743. The summed E-state index contributed by atoms with van der Waals surface area (Å²) in [5.74, 6) is 1.63. The van der Waals surface area contributed by atoms with Crippen molar-refractivity contribution in [3.8, 4) is 11.5 Å². The van der Waals surface area contributed by atoms with Crippen LogP contribution in [0.1, 0.15) is 35.2 Å². The molecular formula is C21H30N2O2+2. The molecule has 4 N–H and O–H groups in total. The molecule has 0 aromatic heterocycles. The van der Waals surface area contributed by atoms with Crippen molar-refractivity contribution in [2.75, 3.05) is 20.8 Å². The van der Waals surface area contributed by atoms with E-state index in [0.29, 0.717) is 12.1 Å². The average molecular weight is 342 g/mol. The molecule has 4 heteroatoms. The number of methoxy groups -OCH3 is 2. The number of fused-ring (bicyclic) bond motifs is 1. The molecular weight excluding hydrogens is 312 g/mol. The van der Waals surface area contributed by atoms with E-state index in [0.717, 1.165) is 31.0 Å². The first-order valence-corrected chi connectivity index (χ1v) is 9.01. The molecule has 2 aromatic rings. The second kappa shape index (κ2) is 7.46. The average Bonchev–Trinajstić information content (AvgIpc) is 2.60. The van der Waals surface area contributed by atoms with E-state index in [1.165, 1.54) is 22.3 Å². The first-order valence-electron chi connectivity index (χ1n) is 9.01. The molecule has 3 atom stereocenters. The van der Waals surface area contributed by atoms with Crippen molar-refractivity contribution in [3.05, 3.63) is 58.7 Å². The van der Waals surface area contributed by atoms with E-state index in [4.69, 9.17) is 9.47 Å². The van der Waals surface area contributed by atoms with Gasteiger partial charge in [0.15, 0.2) is 17.5 Å². The van der Waals surface area contributed by atoms with Crippen LogP contribution in [-0.4, -0.2) is 26.8 Å². The third kappa shape index (κ3) is 3.65. The Hall–Kier alpha value is -2.04. The number of aryl methyl sites for hydroxylation is 1. The van der Waals surface area contributed by atoms with E-state index in [1.807, 2.05) is 0 Å². The predicted molar refractivity (Wildman–Crippen MR) is 99.1 cm³/mol. The zero-order valence-corrected chi connectivity index (χ0v) is 15.8. The minimum absolute atomic E-state index is 0.317. The highest BCUT2D eigenvalue weighted by molar-refractivity contribution is 5.49. The maximum Gasteiger partial charge on any atom is 0.166 e. The minimum atomic E-state index is 0.317. The molecule has 4 nitrogen and oxygen atoms in total. The Morgan fingerprint density at radius 3 is 2.52 bits per heavy atom. The molecule has 0 fully saturated rings. The molecule has 1 aliphatic heterocycles. The van der Waals surface area contributed by atoms with Gasteiger partial charge in [-0.1, -0.05) is 29.8 Å². The van der Waals surface area contributed by atoms with E-state index < -0.39 is 0 Å². The van der Waals surface area contributed by atoms with Crippen LogP contribution in [0.3, 0.4) is 0 Å². The van der Waals surface area contributed by atoms with Gasteiger partial charge in [-0.25, -0.2) is 0 Å². The van der Waals surface area contributed by atoms with Gasteiger partial charge in [-0.2, -0.15) is 0 Å². The normalized spacial score (nSPS) is 20.7. The number of ether oxygens (including phenoxy) is 2. The molecule has 0 amide bonds. The third-order valence-electron chi connectivity index (χ3n) is 5.22. The summed E-state index contributed by atoms with van der Waals surface area (Å²) in [6, 6.07) is 13.8. The largest absolute Gasteiger partial charge is 0.493 e. The summed E-state index contributed by atoms with van der Waals surface area (Å²) in [4.78, 5) is 1.58. The van der Waals surface area contributed by atoms with Gasteiger partial charge in [-0.3, -0.25) is 0 Å². The van der Waals surface area contributed by atoms with Gasteiger partial charge in [0.1, 0.15) is 12.6 Å². The van der Waals surface area contributed by atoms with Gasteiger partial charge in [0.05, 0.1) is 20.8 Å². The van der Waals surface area contributed by atoms with E-state index in [9.17, 15) is 0 Å². The fourth-order valence-corrected chi connectivity index (χ4v) is 4.11. The summed E-state index contributed by atoms with van der Waals surface area (Å²) in [5.41, 5.74) is 9.81. The predicted octanol–water partition coefficient (Wildman–Crippen LogP) is 1.32. The van der Waals surface area contributed by atoms with Crippen molar-refractivity contribution >= 4 is 0 Å². The highest BCUT2D eigenvalue weighted by atomic mass is 16.5. The van der Waals surface area contributed by atoms with Crippen LogP contribution in [-0.2, 0) is 13.0 Å². The molecule has 1 aliphatic rings. The summed E-state index contributed by atoms with van der Waals surface area (Å²) in [6.45, 7) is 6.51. The fraction of sp³-hybridized carbons (Fsp3) is 0.429.